The summed E-state index contributed by atoms with van der Waals surface area (Å²) in [6.07, 6.45) is 1.14. The van der Waals surface area contributed by atoms with E-state index in [4.69, 9.17) is 9.47 Å². The smallest absolute Gasteiger partial charge is 0.311 e. The highest BCUT2D eigenvalue weighted by molar-refractivity contribution is 6.00. The van der Waals surface area contributed by atoms with Crippen LogP contribution < -0.4 is 4.74 Å². The Hall–Kier alpha value is -2.30. The number of allylic oxidation sites excluding steroid dienone is 2. The lowest BCUT2D eigenvalue weighted by molar-refractivity contribution is -0.142. The van der Waals surface area contributed by atoms with Gasteiger partial charge in [0.05, 0.1) is 13.5 Å². The van der Waals surface area contributed by atoms with Crippen molar-refractivity contribution in [2.24, 2.45) is 5.41 Å². The summed E-state index contributed by atoms with van der Waals surface area (Å²) in [5.41, 5.74) is 1.17. The molecule has 3 rings (SSSR count). The molecule has 1 atom stereocenters. The minimum atomic E-state index is -0.343. The van der Waals surface area contributed by atoms with Crippen molar-refractivity contribution in [3.05, 3.63) is 35.1 Å². The third-order valence-electron chi connectivity index (χ3n) is 4.44. The van der Waals surface area contributed by atoms with Crippen molar-refractivity contribution in [2.45, 2.75) is 39.0 Å². The van der Waals surface area contributed by atoms with Crippen LogP contribution in [0.5, 0.6) is 11.5 Å². The Morgan fingerprint density at radius 1 is 1.26 bits per heavy atom. The van der Waals surface area contributed by atoms with Gasteiger partial charge in [-0.05, 0) is 23.1 Å². The van der Waals surface area contributed by atoms with Gasteiger partial charge in [0.15, 0.2) is 17.3 Å². The van der Waals surface area contributed by atoms with E-state index < -0.39 is 0 Å². The molecule has 1 aromatic carbocycles. The summed E-state index contributed by atoms with van der Waals surface area (Å²) >= 11 is 0. The van der Waals surface area contributed by atoms with Crippen molar-refractivity contribution in [2.75, 3.05) is 7.11 Å². The Labute approximate surface area is 134 Å². The highest BCUT2D eigenvalue weighted by Gasteiger charge is 2.42. The van der Waals surface area contributed by atoms with E-state index in [2.05, 4.69) is 0 Å². The first-order chi connectivity index (χ1) is 10.8. The van der Waals surface area contributed by atoms with Crippen LogP contribution in [0.15, 0.2) is 29.5 Å². The van der Waals surface area contributed by atoms with E-state index in [1.165, 1.54) is 13.2 Å². The summed E-state index contributed by atoms with van der Waals surface area (Å²) in [7, 11) is 1.47. The van der Waals surface area contributed by atoms with Gasteiger partial charge in [-0.3, -0.25) is 9.59 Å². The van der Waals surface area contributed by atoms with E-state index >= 15 is 0 Å². The molecule has 1 heterocycles. The second-order valence-corrected chi connectivity index (χ2v) is 6.94. The van der Waals surface area contributed by atoms with E-state index in [0.717, 1.165) is 5.56 Å². The minimum Gasteiger partial charge on any atom is -0.504 e. The van der Waals surface area contributed by atoms with Crippen LogP contribution >= 0.6 is 0 Å². The second-order valence-electron chi connectivity index (χ2n) is 6.94. The Kier molecular flexibility index (Phi) is 3.66. The first-order valence-electron chi connectivity index (χ1n) is 7.64. The number of esters is 1. The number of hydrogen-bond donors (Lipinski definition) is 1. The molecule has 1 aromatic rings. The van der Waals surface area contributed by atoms with Crippen LogP contribution in [0, 0.1) is 5.41 Å². The van der Waals surface area contributed by atoms with Crippen LogP contribution in [0.25, 0.3) is 0 Å². The fraction of sp³-hybridized carbons (Fsp3) is 0.444. The monoisotopic (exact) mass is 316 g/mol. The number of phenolic OH excluding ortho intramolecular Hbond substituents is 1. The molecule has 23 heavy (non-hydrogen) atoms. The summed E-state index contributed by atoms with van der Waals surface area (Å²) in [5, 5.41) is 9.74. The number of benzene rings is 1. The van der Waals surface area contributed by atoms with Gasteiger partial charge in [-0.15, -0.1) is 0 Å². The van der Waals surface area contributed by atoms with Gasteiger partial charge in [-0.2, -0.15) is 0 Å². The predicted octanol–water partition coefficient (Wildman–Crippen LogP) is 3.07. The van der Waals surface area contributed by atoms with Crippen LogP contribution in [0.2, 0.25) is 0 Å². The third-order valence-corrected chi connectivity index (χ3v) is 4.44. The average Bonchev–Trinajstić information content (AvgIpc) is 2.45. The maximum absolute atomic E-state index is 12.6. The zero-order chi connectivity index (χ0) is 16.8. The minimum absolute atomic E-state index is 0.0277. The number of ketones is 1. The fourth-order valence-electron chi connectivity index (χ4n) is 3.40. The zero-order valence-electron chi connectivity index (χ0n) is 13.5. The Bertz CT molecular complexity index is 714. The van der Waals surface area contributed by atoms with Crippen molar-refractivity contribution < 1.29 is 24.2 Å². The molecule has 0 amide bonds. The first kappa shape index (κ1) is 15.6. The number of carbonyl (C=O) groups is 2. The average molecular weight is 316 g/mol. The number of Topliss-reactive ketones (excluding diaryl/α,β-unsaturated/α-hetero) is 1. The largest absolute Gasteiger partial charge is 0.504 e. The molecule has 0 fully saturated rings. The summed E-state index contributed by atoms with van der Waals surface area (Å²) in [6, 6.07) is 4.92. The molecule has 5 nitrogen and oxygen atoms in total. The summed E-state index contributed by atoms with van der Waals surface area (Å²) in [4.78, 5) is 24.6. The fourth-order valence-corrected chi connectivity index (χ4v) is 3.40. The Morgan fingerprint density at radius 3 is 2.70 bits per heavy atom. The molecule has 1 unspecified atom stereocenters. The lowest BCUT2D eigenvalue weighted by Gasteiger charge is -2.36. The maximum Gasteiger partial charge on any atom is 0.311 e. The van der Waals surface area contributed by atoms with Crippen molar-refractivity contribution >= 4 is 11.8 Å². The van der Waals surface area contributed by atoms with Gasteiger partial charge in [0.25, 0.3) is 0 Å². The molecule has 5 heteroatoms. The summed E-state index contributed by atoms with van der Waals surface area (Å²) < 4.78 is 10.5. The van der Waals surface area contributed by atoms with E-state index in [1.54, 1.807) is 12.1 Å². The van der Waals surface area contributed by atoms with E-state index in [-0.39, 0.29) is 35.3 Å². The normalized spacial score (nSPS) is 23.3. The molecule has 122 valence electrons. The van der Waals surface area contributed by atoms with Crippen LogP contribution in [-0.2, 0) is 14.3 Å². The number of hydrogen-bond acceptors (Lipinski definition) is 5. The quantitative estimate of drug-likeness (QED) is 0.849. The van der Waals surface area contributed by atoms with Crippen LogP contribution in [0.4, 0.5) is 0 Å². The van der Waals surface area contributed by atoms with Gasteiger partial charge in [0.2, 0.25) is 0 Å². The molecule has 0 spiro atoms. The van der Waals surface area contributed by atoms with Gasteiger partial charge >= 0.3 is 5.97 Å². The van der Waals surface area contributed by atoms with E-state index in [9.17, 15) is 14.7 Å². The van der Waals surface area contributed by atoms with Crippen LogP contribution in [0.3, 0.4) is 0 Å². The van der Waals surface area contributed by atoms with Gasteiger partial charge in [-0.1, -0.05) is 19.9 Å². The molecular formula is C18H20O5. The summed E-state index contributed by atoms with van der Waals surface area (Å²) in [5.74, 6) is 0.211. The second kappa shape index (κ2) is 5.41. The number of aromatic hydroxyl groups is 1. The third kappa shape index (κ3) is 2.83. The highest BCUT2D eigenvalue weighted by Crippen LogP contribution is 2.46. The predicted molar refractivity (Wildman–Crippen MR) is 83.2 cm³/mol. The number of phenols is 1. The topological polar surface area (TPSA) is 72.8 Å². The molecule has 2 aliphatic rings. The molecule has 1 N–H and O–H groups in total. The lowest BCUT2D eigenvalue weighted by atomic mass is 9.71. The van der Waals surface area contributed by atoms with E-state index in [1.807, 2.05) is 13.8 Å². The molecule has 0 radical (unpaired) electrons. The van der Waals surface area contributed by atoms with Crippen LogP contribution in [-0.4, -0.2) is 24.0 Å². The van der Waals surface area contributed by atoms with Crippen molar-refractivity contribution in [3.8, 4) is 11.5 Å². The van der Waals surface area contributed by atoms with Crippen molar-refractivity contribution in [1.82, 2.24) is 0 Å². The molecule has 1 aliphatic heterocycles. The van der Waals surface area contributed by atoms with Gasteiger partial charge in [0.1, 0.15) is 5.76 Å². The first-order valence-corrected chi connectivity index (χ1v) is 7.64. The van der Waals surface area contributed by atoms with Crippen molar-refractivity contribution in [3.63, 3.8) is 0 Å². The summed E-state index contributed by atoms with van der Waals surface area (Å²) in [6.45, 7) is 3.99. The number of ether oxygens (including phenoxy) is 2. The van der Waals surface area contributed by atoms with Crippen LogP contribution in [0.1, 0.15) is 44.6 Å². The molecule has 0 saturated heterocycles. The number of rotatable bonds is 2. The number of carbonyl (C=O) groups excluding carboxylic acids is 2. The standard InChI is InChI=1S/C18H20O5/c1-18(2)8-13(20)17-11(7-16(21)23-15(17)9-18)10-4-5-12(19)14(6-10)22-3/h4-6,11,19H,7-9H2,1-3H3. The SMILES string of the molecule is COc1cc(C2CC(=O)OC3=C2C(=O)CC(C)(C)C3)ccc1O. The Morgan fingerprint density at radius 2 is 2.00 bits per heavy atom. The van der Waals surface area contributed by atoms with Gasteiger partial charge in [-0.25, -0.2) is 0 Å². The molecule has 1 aliphatic carbocycles. The molecule has 0 saturated carbocycles. The number of methoxy groups -OCH3 is 1. The maximum atomic E-state index is 12.6. The van der Waals surface area contributed by atoms with Gasteiger partial charge < -0.3 is 14.6 Å². The van der Waals surface area contributed by atoms with Gasteiger partial charge in [0, 0.05) is 24.3 Å². The van der Waals surface area contributed by atoms with Crippen molar-refractivity contribution in [1.29, 1.82) is 0 Å². The zero-order valence-corrected chi connectivity index (χ0v) is 13.5. The molecule has 0 bridgehead atoms. The highest BCUT2D eigenvalue weighted by atomic mass is 16.5. The Balaban J connectivity index is 2.08. The van der Waals surface area contributed by atoms with E-state index in [0.29, 0.717) is 29.9 Å². The lowest BCUT2D eigenvalue weighted by Crippen LogP contribution is -2.33. The molecule has 0 aromatic heterocycles. The molecular weight excluding hydrogens is 296 g/mol.